The Labute approximate surface area is 155 Å². The van der Waals surface area contributed by atoms with E-state index in [1.54, 1.807) is 0 Å². The van der Waals surface area contributed by atoms with Crippen molar-refractivity contribution in [3.8, 4) is 5.75 Å². The van der Waals surface area contributed by atoms with Crippen LogP contribution in [0.15, 0.2) is 34.3 Å². The highest BCUT2D eigenvalue weighted by Gasteiger charge is 2.31. The predicted octanol–water partition coefficient (Wildman–Crippen LogP) is 3.18. The zero-order valence-corrected chi connectivity index (χ0v) is 14.8. The highest BCUT2D eigenvalue weighted by atomic mass is 35.5. The largest absolute Gasteiger partial charge is 0.573 e. The maximum Gasteiger partial charge on any atom is 0.573 e. The molecule has 6 nitrogen and oxygen atoms in total. The Kier molecular flexibility index (Phi) is 9.43. The molecule has 1 heterocycles. The molecular weight excluding hydrogens is 382 g/mol. The lowest BCUT2D eigenvalue weighted by Gasteiger charge is -2.27. The summed E-state index contributed by atoms with van der Waals surface area (Å²) in [6.07, 6.45) is -1.54. The number of nitrogens with two attached hydrogens (primary N) is 2. The summed E-state index contributed by atoms with van der Waals surface area (Å²) in [7, 11) is 0. The molecule has 0 saturated carbocycles. The van der Waals surface area contributed by atoms with Gasteiger partial charge in [0.2, 0.25) is 5.96 Å². The fourth-order valence-electron chi connectivity index (χ4n) is 2.22. The Bertz CT molecular complexity index is 604. The number of aliphatic imine (C=N–C) groups is 2. The van der Waals surface area contributed by atoms with Crippen molar-refractivity contribution in [1.82, 2.24) is 4.90 Å². The lowest BCUT2D eigenvalue weighted by Crippen LogP contribution is -2.41. The van der Waals surface area contributed by atoms with Crippen molar-refractivity contribution in [2.45, 2.75) is 25.6 Å². The zero-order valence-electron chi connectivity index (χ0n) is 13.2. The van der Waals surface area contributed by atoms with Crippen LogP contribution >= 0.6 is 24.8 Å². The molecule has 1 fully saturated rings. The van der Waals surface area contributed by atoms with Crippen LogP contribution in [0.4, 0.5) is 18.9 Å². The molecule has 0 atom stereocenters. The van der Waals surface area contributed by atoms with Crippen molar-refractivity contribution in [2.75, 3.05) is 13.1 Å². The van der Waals surface area contributed by atoms with Crippen LogP contribution in [-0.4, -0.2) is 36.3 Å². The summed E-state index contributed by atoms with van der Waals surface area (Å²) >= 11 is 0. The second kappa shape index (κ2) is 10.2. The number of likely N-dealkylation sites (tertiary alicyclic amines) is 1. The first-order chi connectivity index (χ1) is 10.8. The van der Waals surface area contributed by atoms with Crippen LogP contribution in [0, 0.1) is 0 Å². The predicted molar refractivity (Wildman–Crippen MR) is 95.9 cm³/mol. The van der Waals surface area contributed by atoms with Crippen LogP contribution in [0.2, 0.25) is 0 Å². The SMILES string of the molecule is Cl.Cl.NC(=Nc1cccc(OC(F)(F)F)c1)/N=C(/N)N1CCCCC1. The fraction of sp³-hybridized carbons (Fsp3) is 0.429. The summed E-state index contributed by atoms with van der Waals surface area (Å²) in [5, 5.41) is 0. The van der Waals surface area contributed by atoms with E-state index in [-0.39, 0.29) is 48.2 Å². The number of ether oxygens (including phenoxy) is 1. The van der Waals surface area contributed by atoms with Gasteiger partial charge < -0.3 is 21.1 Å². The van der Waals surface area contributed by atoms with Gasteiger partial charge in [0.1, 0.15) is 5.75 Å². The standard InChI is InChI=1S/C14H18F3N5O.2ClH/c15-14(16,17)23-11-6-4-5-10(9-11)20-12(18)21-13(19)22-7-2-1-3-8-22;;/h4-6,9H,1-3,7-8H2,(H4,18,19,20,21);2*1H. The van der Waals surface area contributed by atoms with E-state index in [1.165, 1.54) is 18.2 Å². The molecule has 142 valence electrons. The summed E-state index contributed by atoms with van der Waals surface area (Å²) < 4.78 is 40.4. The number of hydrogen-bond donors (Lipinski definition) is 2. The molecule has 1 aromatic rings. The minimum atomic E-state index is -4.76. The molecule has 0 aliphatic carbocycles. The first-order valence-corrected chi connectivity index (χ1v) is 7.12. The Morgan fingerprint density at radius 3 is 2.32 bits per heavy atom. The molecule has 0 amide bonds. The third kappa shape index (κ3) is 8.17. The Morgan fingerprint density at radius 1 is 1.08 bits per heavy atom. The van der Waals surface area contributed by atoms with E-state index < -0.39 is 6.36 Å². The Hall–Kier alpha value is -1.87. The molecule has 0 unspecified atom stereocenters. The highest BCUT2D eigenvalue weighted by Crippen LogP contribution is 2.26. The first kappa shape index (κ1) is 23.1. The zero-order chi connectivity index (χ0) is 16.9. The molecule has 0 bridgehead atoms. The average Bonchev–Trinajstić information content (AvgIpc) is 2.46. The van der Waals surface area contributed by atoms with E-state index in [4.69, 9.17) is 11.5 Å². The molecule has 25 heavy (non-hydrogen) atoms. The minimum absolute atomic E-state index is 0. The average molecular weight is 402 g/mol. The summed E-state index contributed by atoms with van der Waals surface area (Å²) in [6.45, 7) is 1.61. The highest BCUT2D eigenvalue weighted by molar-refractivity contribution is 5.94. The van der Waals surface area contributed by atoms with Crippen molar-refractivity contribution < 1.29 is 17.9 Å². The normalized spacial score (nSPS) is 15.9. The van der Waals surface area contributed by atoms with E-state index in [0.717, 1.165) is 38.4 Å². The Morgan fingerprint density at radius 2 is 1.72 bits per heavy atom. The monoisotopic (exact) mass is 401 g/mol. The van der Waals surface area contributed by atoms with Gasteiger partial charge in [-0.3, -0.25) is 0 Å². The van der Waals surface area contributed by atoms with E-state index >= 15 is 0 Å². The van der Waals surface area contributed by atoms with Gasteiger partial charge in [0.25, 0.3) is 0 Å². The van der Waals surface area contributed by atoms with E-state index in [1.807, 2.05) is 4.90 Å². The summed E-state index contributed by atoms with van der Waals surface area (Å²) in [6, 6.07) is 5.16. The molecule has 1 aliphatic heterocycles. The molecule has 1 aliphatic rings. The van der Waals surface area contributed by atoms with Crippen LogP contribution < -0.4 is 16.2 Å². The van der Waals surface area contributed by atoms with Gasteiger partial charge in [-0.2, -0.15) is 4.99 Å². The molecule has 1 saturated heterocycles. The van der Waals surface area contributed by atoms with Crippen molar-refractivity contribution >= 4 is 42.4 Å². The van der Waals surface area contributed by atoms with Crippen LogP contribution in [-0.2, 0) is 0 Å². The molecule has 0 aromatic heterocycles. The van der Waals surface area contributed by atoms with Gasteiger partial charge in [-0.15, -0.1) is 38.0 Å². The summed E-state index contributed by atoms with van der Waals surface area (Å²) in [5.41, 5.74) is 11.7. The van der Waals surface area contributed by atoms with Crippen molar-refractivity contribution in [1.29, 1.82) is 0 Å². The molecule has 0 radical (unpaired) electrons. The molecule has 11 heteroatoms. The van der Waals surface area contributed by atoms with Gasteiger partial charge in [0, 0.05) is 19.2 Å². The first-order valence-electron chi connectivity index (χ1n) is 7.12. The van der Waals surface area contributed by atoms with Gasteiger partial charge in [-0.1, -0.05) is 6.07 Å². The number of rotatable bonds is 2. The number of nitrogens with zero attached hydrogens (tertiary/aromatic N) is 3. The van der Waals surface area contributed by atoms with Crippen molar-refractivity contribution in [3.05, 3.63) is 24.3 Å². The van der Waals surface area contributed by atoms with Gasteiger partial charge in [-0.25, -0.2) is 4.99 Å². The lowest BCUT2D eigenvalue weighted by atomic mass is 10.1. The third-order valence-electron chi connectivity index (χ3n) is 3.20. The Balaban J connectivity index is 0.00000288. The topological polar surface area (TPSA) is 89.2 Å². The summed E-state index contributed by atoms with van der Waals surface area (Å²) in [5.74, 6) is -0.245. The third-order valence-corrected chi connectivity index (χ3v) is 3.20. The minimum Gasteiger partial charge on any atom is -0.406 e. The smallest absolute Gasteiger partial charge is 0.406 e. The second-order valence-corrected chi connectivity index (χ2v) is 5.03. The number of halogens is 5. The molecule has 0 spiro atoms. The van der Waals surface area contributed by atoms with E-state index in [9.17, 15) is 13.2 Å². The maximum atomic E-state index is 12.2. The van der Waals surface area contributed by atoms with E-state index in [0.29, 0.717) is 0 Å². The fourth-order valence-corrected chi connectivity index (χ4v) is 2.22. The number of benzene rings is 1. The number of alkyl halides is 3. The van der Waals surface area contributed by atoms with Gasteiger partial charge in [0.05, 0.1) is 5.69 Å². The number of guanidine groups is 2. The summed E-state index contributed by atoms with van der Waals surface area (Å²) in [4.78, 5) is 9.82. The second-order valence-electron chi connectivity index (χ2n) is 5.03. The van der Waals surface area contributed by atoms with Gasteiger partial charge in [-0.05, 0) is 31.4 Å². The molecule has 4 N–H and O–H groups in total. The van der Waals surface area contributed by atoms with E-state index in [2.05, 4.69) is 14.7 Å². The van der Waals surface area contributed by atoms with Crippen LogP contribution in [0.1, 0.15) is 19.3 Å². The van der Waals surface area contributed by atoms with Crippen LogP contribution in [0.25, 0.3) is 0 Å². The quantitative estimate of drug-likeness (QED) is 0.588. The molecular formula is C14H20Cl2F3N5O. The number of piperidine rings is 1. The lowest BCUT2D eigenvalue weighted by molar-refractivity contribution is -0.274. The van der Waals surface area contributed by atoms with Crippen LogP contribution in [0.5, 0.6) is 5.75 Å². The molecule has 2 rings (SSSR count). The number of hydrogen-bond acceptors (Lipinski definition) is 2. The maximum absolute atomic E-state index is 12.2. The van der Waals surface area contributed by atoms with Crippen molar-refractivity contribution in [2.24, 2.45) is 21.5 Å². The van der Waals surface area contributed by atoms with Gasteiger partial charge >= 0.3 is 6.36 Å². The van der Waals surface area contributed by atoms with Crippen LogP contribution in [0.3, 0.4) is 0 Å². The van der Waals surface area contributed by atoms with Crippen molar-refractivity contribution in [3.63, 3.8) is 0 Å². The molecule has 1 aromatic carbocycles. The van der Waals surface area contributed by atoms with Gasteiger partial charge in [0.15, 0.2) is 5.96 Å².